The van der Waals surface area contributed by atoms with E-state index < -0.39 is 15.7 Å². The van der Waals surface area contributed by atoms with Crippen molar-refractivity contribution in [1.29, 1.82) is 0 Å². The number of rotatable bonds is 4. The highest BCUT2D eigenvalue weighted by Gasteiger charge is 2.60. The van der Waals surface area contributed by atoms with Gasteiger partial charge in [-0.2, -0.15) is 9.78 Å². The van der Waals surface area contributed by atoms with Gasteiger partial charge < -0.3 is 9.84 Å². The maximum Gasteiger partial charge on any atom is 0.325 e. The van der Waals surface area contributed by atoms with E-state index in [1.807, 2.05) is 0 Å². The minimum atomic E-state index is -2.06. The Labute approximate surface area is 154 Å². The molecule has 0 fully saturated rings. The number of aliphatic hydroxyl groups is 1. The van der Waals surface area contributed by atoms with E-state index in [0.29, 0.717) is 5.02 Å². The zero-order chi connectivity index (χ0) is 17.5. The lowest BCUT2D eigenvalue weighted by Crippen LogP contribution is -2.59. The second kappa shape index (κ2) is 6.30. The summed E-state index contributed by atoms with van der Waals surface area (Å²) >= 11 is 25.0. The van der Waals surface area contributed by atoms with Gasteiger partial charge in [0.2, 0.25) is 5.06 Å². The largest absolute Gasteiger partial charge is 0.447 e. The van der Waals surface area contributed by atoms with Gasteiger partial charge in [-0.15, -0.1) is 0 Å². The van der Waals surface area contributed by atoms with Crippen molar-refractivity contribution in [3.8, 4) is 5.75 Å². The maximum atomic E-state index is 10.9. The van der Waals surface area contributed by atoms with Crippen molar-refractivity contribution < 1.29 is 9.84 Å². The van der Waals surface area contributed by atoms with Gasteiger partial charge in [0.15, 0.2) is 0 Å². The molecule has 0 bridgehead atoms. The Bertz CT molecular complexity index is 686. The molecule has 126 valence electrons. The summed E-state index contributed by atoms with van der Waals surface area (Å²) in [6.07, 6.45) is 2.54. The third-order valence-electron chi connectivity index (χ3n) is 3.26. The summed E-state index contributed by atoms with van der Waals surface area (Å²) in [5.74, 6) is 0.185. The minimum absolute atomic E-state index is 0.185. The Morgan fingerprint density at radius 3 is 2.30 bits per heavy atom. The number of hydrogen-bond donors (Lipinski definition) is 1. The van der Waals surface area contributed by atoms with Crippen LogP contribution in [0.2, 0.25) is 10.0 Å². The highest BCUT2D eigenvalue weighted by atomic mass is 35.5. The van der Waals surface area contributed by atoms with Crippen molar-refractivity contribution in [2.75, 3.05) is 0 Å². The summed E-state index contributed by atoms with van der Waals surface area (Å²) in [7, 11) is 0. The highest BCUT2D eigenvalue weighted by Crippen LogP contribution is 2.50. The zero-order valence-electron chi connectivity index (χ0n) is 12.6. The van der Waals surface area contributed by atoms with Gasteiger partial charge in [0, 0.05) is 10.4 Å². The fourth-order valence-electron chi connectivity index (χ4n) is 1.79. The zero-order valence-corrected chi connectivity index (χ0v) is 15.6. The average Bonchev–Trinajstić information content (AvgIpc) is 2.95. The van der Waals surface area contributed by atoms with Crippen LogP contribution in [-0.2, 0) is 5.18 Å². The monoisotopic (exact) mass is 397 g/mol. The Hall–Kier alpha value is -0.720. The van der Waals surface area contributed by atoms with Crippen LogP contribution in [0.1, 0.15) is 20.8 Å². The third kappa shape index (κ3) is 3.39. The van der Waals surface area contributed by atoms with Gasteiger partial charge in [-0.05, 0) is 29.8 Å². The molecule has 1 heterocycles. The summed E-state index contributed by atoms with van der Waals surface area (Å²) in [4.78, 5) is 3.83. The van der Waals surface area contributed by atoms with Crippen LogP contribution in [0.3, 0.4) is 0 Å². The number of benzene rings is 1. The highest BCUT2D eigenvalue weighted by molar-refractivity contribution is 6.35. The molecule has 1 N–H and O–H groups in total. The Morgan fingerprint density at radius 2 is 1.83 bits per heavy atom. The average molecular weight is 399 g/mol. The molecule has 0 aliphatic carbocycles. The molecule has 2 rings (SSSR count). The van der Waals surface area contributed by atoms with Gasteiger partial charge in [-0.3, -0.25) is 0 Å². The first kappa shape index (κ1) is 18.6. The van der Waals surface area contributed by atoms with Gasteiger partial charge in [-0.1, -0.05) is 55.6 Å². The van der Waals surface area contributed by atoms with Crippen molar-refractivity contribution in [2.24, 2.45) is 5.41 Å². The van der Waals surface area contributed by atoms with Crippen LogP contribution in [0.5, 0.6) is 5.75 Å². The first-order valence-electron chi connectivity index (χ1n) is 6.58. The predicted molar refractivity (Wildman–Crippen MR) is 91.2 cm³/mol. The summed E-state index contributed by atoms with van der Waals surface area (Å²) in [5, 5.41) is 11.4. The molecule has 9 heteroatoms. The SMILES string of the molecule is CC(C)(C)C(O)(Cl)C(Cl)(Oc1ccc(Cl)cc1Cl)n1cncn1. The molecule has 0 aliphatic rings. The molecule has 23 heavy (non-hydrogen) atoms. The quantitative estimate of drug-likeness (QED) is 0.771. The number of halogens is 4. The normalized spacial score (nSPS) is 17.4. The molecule has 2 unspecified atom stereocenters. The topological polar surface area (TPSA) is 60.2 Å². The lowest BCUT2D eigenvalue weighted by molar-refractivity contribution is -0.136. The van der Waals surface area contributed by atoms with Crippen molar-refractivity contribution in [1.82, 2.24) is 14.8 Å². The van der Waals surface area contributed by atoms with Crippen molar-refractivity contribution in [3.05, 3.63) is 40.9 Å². The molecule has 2 atom stereocenters. The van der Waals surface area contributed by atoms with Crippen LogP contribution in [0, 0.1) is 5.41 Å². The predicted octanol–water partition coefficient (Wildman–Crippen LogP) is 4.49. The van der Waals surface area contributed by atoms with E-state index in [2.05, 4.69) is 10.1 Å². The van der Waals surface area contributed by atoms with Crippen LogP contribution < -0.4 is 4.74 Å². The Kier molecular flexibility index (Phi) is 5.10. The fraction of sp³-hybridized carbons (Fsp3) is 0.429. The lowest BCUT2D eigenvalue weighted by Gasteiger charge is -2.45. The standard InChI is InChI=1S/C14H15Cl4N3O2/c1-12(2,3)13(17,22)14(18,21-8-19-7-20-21)23-11-5-4-9(15)6-10(11)16/h4-8,22H,1-3H3. The Balaban J connectivity index is 2.56. The van der Waals surface area contributed by atoms with E-state index in [-0.39, 0.29) is 10.8 Å². The Morgan fingerprint density at radius 1 is 1.17 bits per heavy atom. The van der Waals surface area contributed by atoms with E-state index in [9.17, 15) is 5.11 Å². The lowest BCUT2D eigenvalue weighted by atomic mass is 9.87. The van der Waals surface area contributed by atoms with Crippen molar-refractivity contribution in [3.63, 3.8) is 0 Å². The van der Waals surface area contributed by atoms with Crippen molar-refractivity contribution >= 4 is 46.4 Å². The van der Waals surface area contributed by atoms with E-state index in [0.717, 1.165) is 4.68 Å². The first-order valence-corrected chi connectivity index (χ1v) is 8.09. The van der Waals surface area contributed by atoms with Crippen LogP contribution >= 0.6 is 46.4 Å². The molecule has 0 saturated heterocycles. The fourth-order valence-corrected chi connectivity index (χ4v) is 2.82. The van der Waals surface area contributed by atoms with E-state index in [4.69, 9.17) is 51.1 Å². The molecular weight excluding hydrogens is 384 g/mol. The van der Waals surface area contributed by atoms with Crippen molar-refractivity contribution in [2.45, 2.75) is 31.0 Å². The molecule has 0 radical (unpaired) electrons. The minimum Gasteiger partial charge on any atom is -0.447 e. The molecule has 0 saturated carbocycles. The molecule has 2 aromatic rings. The molecule has 0 amide bonds. The summed E-state index contributed by atoms with van der Waals surface area (Å²) in [5.41, 5.74) is -0.874. The maximum absolute atomic E-state index is 10.9. The van der Waals surface area contributed by atoms with E-state index in [1.165, 1.54) is 24.8 Å². The van der Waals surface area contributed by atoms with Gasteiger partial charge in [0.1, 0.15) is 18.4 Å². The van der Waals surface area contributed by atoms with Gasteiger partial charge in [-0.25, -0.2) is 4.98 Å². The van der Waals surface area contributed by atoms with Gasteiger partial charge in [0.25, 0.3) is 0 Å². The number of aromatic nitrogens is 3. The second-order valence-corrected chi connectivity index (χ2v) is 7.85. The molecule has 0 aliphatic heterocycles. The summed E-state index contributed by atoms with van der Waals surface area (Å²) in [6, 6.07) is 4.58. The molecule has 5 nitrogen and oxygen atoms in total. The van der Waals surface area contributed by atoms with Crippen LogP contribution in [0.25, 0.3) is 0 Å². The van der Waals surface area contributed by atoms with Gasteiger partial charge in [0.05, 0.1) is 5.02 Å². The third-order valence-corrected chi connectivity index (χ3v) is 5.23. The number of alkyl halides is 2. The van der Waals surface area contributed by atoms with Gasteiger partial charge >= 0.3 is 5.18 Å². The summed E-state index contributed by atoms with van der Waals surface area (Å²) < 4.78 is 6.90. The molecule has 1 aromatic heterocycles. The first-order chi connectivity index (χ1) is 10.5. The summed E-state index contributed by atoms with van der Waals surface area (Å²) in [6.45, 7) is 5.13. The molecule has 1 aromatic carbocycles. The number of hydrogen-bond acceptors (Lipinski definition) is 4. The second-order valence-electron chi connectivity index (χ2n) is 5.95. The van der Waals surface area contributed by atoms with E-state index >= 15 is 0 Å². The van der Waals surface area contributed by atoms with Crippen LogP contribution in [-0.4, -0.2) is 24.9 Å². The van der Waals surface area contributed by atoms with Crippen LogP contribution in [0.4, 0.5) is 0 Å². The number of ether oxygens (including phenoxy) is 1. The molecule has 0 spiro atoms. The van der Waals surface area contributed by atoms with Crippen LogP contribution in [0.15, 0.2) is 30.9 Å². The molecular formula is C14H15Cl4N3O2. The van der Waals surface area contributed by atoms with E-state index in [1.54, 1.807) is 26.8 Å². The smallest absolute Gasteiger partial charge is 0.325 e. The number of nitrogens with zero attached hydrogens (tertiary/aromatic N) is 3.